The molecule has 0 aliphatic rings. The van der Waals surface area contributed by atoms with Gasteiger partial charge in [0, 0.05) is 0 Å². The second-order valence-corrected chi connectivity index (χ2v) is 4.11. The Labute approximate surface area is 109 Å². The maximum atomic E-state index is 11.4. The number of aromatic carboxylic acids is 1. The molecule has 0 spiro atoms. The molecule has 0 aliphatic carbocycles. The van der Waals surface area contributed by atoms with Crippen LogP contribution in [0.1, 0.15) is 27.4 Å². The molecule has 0 heterocycles. The second kappa shape index (κ2) is 5.35. The lowest BCUT2D eigenvalue weighted by Crippen LogP contribution is -2.13. The Kier molecular flexibility index (Phi) is 3.61. The number of carboxylic acids is 2. The molecule has 0 bridgehead atoms. The molecule has 0 aromatic heterocycles. The van der Waals surface area contributed by atoms with E-state index in [2.05, 4.69) is 0 Å². The van der Waals surface area contributed by atoms with Gasteiger partial charge in [-0.05, 0) is 23.3 Å². The quantitative estimate of drug-likeness (QED) is 0.881. The van der Waals surface area contributed by atoms with Crippen LogP contribution in [0.2, 0.25) is 0 Å². The molecule has 0 saturated heterocycles. The van der Waals surface area contributed by atoms with Crippen LogP contribution in [0.3, 0.4) is 0 Å². The van der Waals surface area contributed by atoms with Gasteiger partial charge in [-0.2, -0.15) is 0 Å². The molecular formula is C15H12O4. The second-order valence-electron chi connectivity index (χ2n) is 4.11. The van der Waals surface area contributed by atoms with Crippen LogP contribution in [0.5, 0.6) is 0 Å². The highest BCUT2D eigenvalue weighted by Crippen LogP contribution is 2.25. The van der Waals surface area contributed by atoms with E-state index in [0.29, 0.717) is 11.1 Å². The fourth-order valence-corrected chi connectivity index (χ4v) is 1.94. The van der Waals surface area contributed by atoms with Crippen molar-refractivity contribution in [1.29, 1.82) is 0 Å². The molecule has 19 heavy (non-hydrogen) atoms. The number of hydrogen-bond donors (Lipinski definition) is 2. The summed E-state index contributed by atoms with van der Waals surface area (Å²) in [6, 6.07) is 14.7. The molecule has 0 fully saturated rings. The van der Waals surface area contributed by atoms with Crippen LogP contribution in [0.15, 0.2) is 54.6 Å². The lowest BCUT2D eigenvalue weighted by molar-refractivity contribution is -0.137. The van der Waals surface area contributed by atoms with Gasteiger partial charge in [0.25, 0.3) is 0 Å². The SMILES string of the molecule is O=C(O)c1ccc(C(C(=O)O)c2ccccc2)cc1. The van der Waals surface area contributed by atoms with E-state index in [1.807, 2.05) is 6.07 Å². The van der Waals surface area contributed by atoms with Crippen molar-refractivity contribution in [3.05, 3.63) is 71.3 Å². The molecule has 0 radical (unpaired) electrons. The van der Waals surface area contributed by atoms with Gasteiger partial charge in [0.05, 0.1) is 5.56 Å². The van der Waals surface area contributed by atoms with Crippen molar-refractivity contribution in [1.82, 2.24) is 0 Å². The third-order valence-corrected chi connectivity index (χ3v) is 2.87. The summed E-state index contributed by atoms with van der Waals surface area (Å²) in [6.45, 7) is 0. The molecule has 0 saturated carbocycles. The maximum Gasteiger partial charge on any atom is 0.335 e. The molecule has 2 aromatic rings. The Morgan fingerprint density at radius 2 is 1.32 bits per heavy atom. The summed E-state index contributed by atoms with van der Waals surface area (Å²) in [5.74, 6) is -2.78. The van der Waals surface area contributed by atoms with Crippen LogP contribution in [0, 0.1) is 0 Å². The summed E-state index contributed by atoms with van der Waals surface area (Å²) >= 11 is 0. The lowest BCUT2D eigenvalue weighted by Gasteiger charge is -2.13. The monoisotopic (exact) mass is 256 g/mol. The molecule has 2 aromatic carbocycles. The number of aliphatic carboxylic acids is 1. The lowest BCUT2D eigenvalue weighted by atomic mass is 9.91. The van der Waals surface area contributed by atoms with Crippen LogP contribution in [0.4, 0.5) is 0 Å². The molecule has 0 amide bonds. The van der Waals surface area contributed by atoms with Gasteiger partial charge in [-0.3, -0.25) is 4.79 Å². The Hall–Kier alpha value is -2.62. The summed E-state index contributed by atoms with van der Waals surface area (Å²) in [7, 11) is 0. The van der Waals surface area contributed by atoms with Crippen molar-refractivity contribution in [3.63, 3.8) is 0 Å². The van der Waals surface area contributed by atoms with Gasteiger partial charge < -0.3 is 10.2 Å². The van der Waals surface area contributed by atoms with Gasteiger partial charge in [0.1, 0.15) is 5.92 Å². The highest BCUT2D eigenvalue weighted by molar-refractivity contribution is 5.88. The first-order chi connectivity index (χ1) is 9.09. The van der Waals surface area contributed by atoms with Crippen LogP contribution in [-0.2, 0) is 4.79 Å². The molecule has 2 N–H and O–H groups in total. The van der Waals surface area contributed by atoms with Gasteiger partial charge in [-0.1, -0.05) is 42.5 Å². The van der Waals surface area contributed by atoms with Gasteiger partial charge in [0.2, 0.25) is 0 Å². The van der Waals surface area contributed by atoms with E-state index in [9.17, 15) is 14.7 Å². The van der Waals surface area contributed by atoms with Crippen molar-refractivity contribution < 1.29 is 19.8 Å². The molecule has 1 unspecified atom stereocenters. The first kappa shape index (κ1) is 12.8. The normalized spacial score (nSPS) is 11.8. The number of carbonyl (C=O) groups is 2. The van der Waals surface area contributed by atoms with E-state index in [-0.39, 0.29) is 5.56 Å². The highest BCUT2D eigenvalue weighted by Gasteiger charge is 2.21. The molecular weight excluding hydrogens is 244 g/mol. The molecule has 96 valence electrons. The average Bonchev–Trinajstić information content (AvgIpc) is 2.40. The summed E-state index contributed by atoms with van der Waals surface area (Å²) < 4.78 is 0. The predicted molar refractivity (Wildman–Crippen MR) is 69.3 cm³/mol. The van der Waals surface area contributed by atoms with E-state index in [4.69, 9.17) is 5.11 Å². The minimum Gasteiger partial charge on any atom is -0.481 e. The van der Waals surface area contributed by atoms with Crippen molar-refractivity contribution >= 4 is 11.9 Å². The van der Waals surface area contributed by atoms with E-state index >= 15 is 0 Å². The van der Waals surface area contributed by atoms with Gasteiger partial charge in [-0.25, -0.2) is 4.79 Å². The number of rotatable bonds is 4. The number of carboxylic acid groups (broad SMARTS) is 2. The summed E-state index contributed by atoms with van der Waals surface area (Å²) in [5, 5.41) is 18.2. The Morgan fingerprint density at radius 1 is 0.789 bits per heavy atom. The minimum absolute atomic E-state index is 0.140. The standard InChI is InChI=1S/C15H12O4/c16-14(17)12-8-6-11(7-9-12)13(15(18)19)10-4-2-1-3-5-10/h1-9,13H,(H,16,17)(H,18,19). The zero-order valence-corrected chi connectivity index (χ0v) is 9.98. The summed E-state index contributed by atoms with van der Waals surface area (Å²) in [4.78, 5) is 22.2. The van der Waals surface area contributed by atoms with Crippen molar-refractivity contribution in [2.45, 2.75) is 5.92 Å². The Morgan fingerprint density at radius 3 is 1.79 bits per heavy atom. The first-order valence-corrected chi connectivity index (χ1v) is 5.70. The largest absolute Gasteiger partial charge is 0.481 e. The first-order valence-electron chi connectivity index (χ1n) is 5.70. The maximum absolute atomic E-state index is 11.4. The van der Waals surface area contributed by atoms with Crippen molar-refractivity contribution in [2.24, 2.45) is 0 Å². The van der Waals surface area contributed by atoms with E-state index in [0.717, 1.165) is 0 Å². The minimum atomic E-state index is -1.03. The highest BCUT2D eigenvalue weighted by atomic mass is 16.4. The Balaban J connectivity index is 2.40. The molecule has 0 aliphatic heterocycles. The van der Waals surface area contributed by atoms with Crippen LogP contribution in [-0.4, -0.2) is 22.2 Å². The topological polar surface area (TPSA) is 74.6 Å². The van der Waals surface area contributed by atoms with E-state index in [1.165, 1.54) is 24.3 Å². The number of hydrogen-bond acceptors (Lipinski definition) is 2. The Bertz CT molecular complexity index is 587. The average molecular weight is 256 g/mol. The zero-order valence-electron chi connectivity index (χ0n) is 9.98. The molecule has 1 atom stereocenters. The van der Waals surface area contributed by atoms with Gasteiger partial charge in [-0.15, -0.1) is 0 Å². The molecule has 2 rings (SSSR count). The third kappa shape index (κ3) is 2.80. The van der Waals surface area contributed by atoms with Gasteiger partial charge in [0.15, 0.2) is 0 Å². The summed E-state index contributed by atoms with van der Waals surface area (Å²) in [5.41, 5.74) is 1.36. The number of benzene rings is 2. The van der Waals surface area contributed by atoms with E-state index in [1.54, 1.807) is 24.3 Å². The van der Waals surface area contributed by atoms with Crippen LogP contribution in [0.25, 0.3) is 0 Å². The zero-order chi connectivity index (χ0) is 13.8. The van der Waals surface area contributed by atoms with E-state index < -0.39 is 17.9 Å². The summed E-state index contributed by atoms with van der Waals surface area (Å²) in [6.07, 6.45) is 0. The van der Waals surface area contributed by atoms with Gasteiger partial charge >= 0.3 is 11.9 Å². The fourth-order valence-electron chi connectivity index (χ4n) is 1.94. The third-order valence-electron chi connectivity index (χ3n) is 2.87. The predicted octanol–water partition coefficient (Wildman–Crippen LogP) is 2.60. The fraction of sp³-hybridized carbons (Fsp3) is 0.0667. The van der Waals surface area contributed by atoms with Crippen LogP contribution >= 0.6 is 0 Å². The molecule has 4 nitrogen and oxygen atoms in total. The van der Waals surface area contributed by atoms with Crippen molar-refractivity contribution in [3.8, 4) is 0 Å². The van der Waals surface area contributed by atoms with Crippen molar-refractivity contribution in [2.75, 3.05) is 0 Å². The smallest absolute Gasteiger partial charge is 0.335 e. The molecule has 4 heteroatoms. The van der Waals surface area contributed by atoms with Crippen LogP contribution < -0.4 is 0 Å².